The fraction of sp³-hybridized carbons (Fsp3) is 0.231. The molecule has 4 rings (SSSR count). The zero-order chi connectivity index (χ0) is 23.4. The van der Waals surface area contributed by atoms with E-state index in [9.17, 15) is 14.7 Å². The molecule has 33 heavy (non-hydrogen) atoms. The number of nitrogens with one attached hydrogen (secondary N) is 1. The molecule has 0 heterocycles. The molecule has 0 aliphatic heterocycles. The summed E-state index contributed by atoms with van der Waals surface area (Å²) in [5.74, 6) is -1.19. The number of aliphatic carboxylic acids is 1. The highest BCUT2D eigenvalue weighted by molar-refractivity contribution is 5.80. The summed E-state index contributed by atoms with van der Waals surface area (Å²) in [6.45, 7) is 0.0371. The summed E-state index contributed by atoms with van der Waals surface area (Å²) < 4.78 is 16.0. The van der Waals surface area contributed by atoms with Gasteiger partial charge in [-0.1, -0.05) is 54.6 Å². The van der Waals surface area contributed by atoms with Crippen LogP contribution in [-0.4, -0.2) is 44.5 Å². The number of rotatable bonds is 8. The van der Waals surface area contributed by atoms with E-state index in [1.54, 1.807) is 18.2 Å². The number of methoxy groups -OCH3 is 2. The van der Waals surface area contributed by atoms with Gasteiger partial charge in [-0.2, -0.15) is 0 Å². The Hall–Kier alpha value is -4.00. The second kappa shape index (κ2) is 9.65. The number of fused-ring (bicyclic) bond motifs is 3. The summed E-state index contributed by atoms with van der Waals surface area (Å²) in [7, 11) is 2.98. The molecule has 0 spiro atoms. The molecule has 1 amide bonds. The molecule has 0 radical (unpaired) electrons. The van der Waals surface area contributed by atoms with Crippen LogP contribution >= 0.6 is 0 Å². The highest BCUT2D eigenvalue weighted by atomic mass is 16.5. The van der Waals surface area contributed by atoms with Gasteiger partial charge in [0.15, 0.2) is 11.5 Å². The van der Waals surface area contributed by atoms with Gasteiger partial charge in [0, 0.05) is 12.5 Å². The number of hydrogen-bond donors (Lipinski definition) is 2. The summed E-state index contributed by atoms with van der Waals surface area (Å²) in [5.41, 5.74) is 4.99. The van der Waals surface area contributed by atoms with Gasteiger partial charge in [0.2, 0.25) is 0 Å². The first-order valence-electron chi connectivity index (χ1n) is 10.6. The number of hydrogen-bond acceptors (Lipinski definition) is 5. The van der Waals surface area contributed by atoms with E-state index in [0.29, 0.717) is 17.1 Å². The summed E-state index contributed by atoms with van der Waals surface area (Å²) in [5, 5.41) is 12.3. The van der Waals surface area contributed by atoms with Crippen molar-refractivity contribution >= 4 is 12.1 Å². The van der Waals surface area contributed by atoms with Crippen LogP contribution in [0.5, 0.6) is 11.5 Å². The van der Waals surface area contributed by atoms with Crippen molar-refractivity contribution < 1.29 is 28.9 Å². The van der Waals surface area contributed by atoms with Crippen molar-refractivity contribution in [1.29, 1.82) is 0 Å². The summed E-state index contributed by atoms with van der Waals surface area (Å²) in [6.07, 6.45) is -0.663. The second-order valence-corrected chi connectivity index (χ2v) is 7.71. The summed E-state index contributed by atoms with van der Waals surface area (Å²) in [6, 6.07) is 21.0. The van der Waals surface area contributed by atoms with E-state index < -0.39 is 18.0 Å². The third kappa shape index (κ3) is 4.48. The van der Waals surface area contributed by atoms with Crippen LogP contribution in [0.1, 0.15) is 28.5 Å². The molecule has 0 bridgehead atoms. The van der Waals surface area contributed by atoms with Gasteiger partial charge in [-0.15, -0.1) is 0 Å². The third-order valence-corrected chi connectivity index (χ3v) is 5.90. The molecular formula is C26H25NO6. The van der Waals surface area contributed by atoms with Crippen molar-refractivity contribution in [2.45, 2.75) is 11.8 Å². The predicted molar refractivity (Wildman–Crippen MR) is 123 cm³/mol. The van der Waals surface area contributed by atoms with Crippen LogP contribution in [-0.2, 0) is 9.53 Å². The molecule has 3 aromatic carbocycles. The van der Waals surface area contributed by atoms with Gasteiger partial charge in [0.1, 0.15) is 6.61 Å². The molecular weight excluding hydrogens is 422 g/mol. The lowest BCUT2D eigenvalue weighted by Crippen LogP contribution is -2.33. The van der Waals surface area contributed by atoms with Crippen molar-refractivity contribution in [3.63, 3.8) is 0 Å². The minimum Gasteiger partial charge on any atom is -0.493 e. The predicted octanol–water partition coefficient (Wildman–Crippen LogP) is 4.41. The van der Waals surface area contributed by atoms with E-state index in [-0.39, 0.29) is 19.1 Å². The molecule has 0 saturated heterocycles. The Morgan fingerprint density at radius 2 is 1.52 bits per heavy atom. The Bertz CT molecular complexity index is 1130. The van der Waals surface area contributed by atoms with Crippen LogP contribution in [0.25, 0.3) is 11.1 Å². The minimum absolute atomic E-state index is 0.0655. The van der Waals surface area contributed by atoms with Crippen molar-refractivity contribution in [3.8, 4) is 22.6 Å². The normalized spacial score (nSPS) is 12.9. The van der Waals surface area contributed by atoms with Gasteiger partial charge in [0.25, 0.3) is 0 Å². The van der Waals surface area contributed by atoms with E-state index in [1.165, 1.54) is 14.2 Å². The van der Waals surface area contributed by atoms with E-state index in [2.05, 4.69) is 17.4 Å². The van der Waals surface area contributed by atoms with E-state index in [1.807, 2.05) is 36.4 Å². The quantitative estimate of drug-likeness (QED) is 0.531. The maximum atomic E-state index is 12.4. The largest absolute Gasteiger partial charge is 0.493 e. The average Bonchev–Trinajstić information content (AvgIpc) is 3.16. The Kier molecular flexibility index (Phi) is 6.49. The Morgan fingerprint density at radius 1 is 0.909 bits per heavy atom. The van der Waals surface area contributed by atoms with Gasteiger partial charge in [-0.25, -0.2) is 4.79 Å². The highest BCUT2D eigenvalue weighted by Gasteiger charge is 2.29. The van der Waals surface area contributed by atoms with Crippen molar-refractivity contribution in [2.75, 3.05) is 27.4 Å². The monoisotopic (exact) mass is 447 g/mol. The van der Waals surface area contributed by atoms with Crippen LogP contribution in [0.2, 0.25) is 0 Å². The molecule has 7 heteroatoms. The molecule has 0 fully saturated rings. The van der Waals surface area contributed by atoms with E-state index in [0.717, 1.165) is 22.3 Å². The molecule has 3 aromatic rings. The Labute approximate surface area is 191 Å². The first-order chi connectivity index (χ1) is 16.0. The molecule has 1 aliphatic carbocycles. The standard InChI is InChI=1S/C26H25NO6/c1-31-23-12-11-16(13-24(23)32-2)21(25(28)29)14-27-26(30)33-15-22-19-9-5-3-7-17(19)18-8-4-6-10-20(18)22/h3-13,21-22H,14-15H2,1-2H3,(H,27,30)(H,28,29). The smallest absolute Gasteiger partial charge is 0.407 e. The summed E-state index contributed by atoms with van der Waals surface area (Å²) >= 11 is 0. The second-order valence-electron chi connectivity index (χ2n) is 7.71. The topological polar surface area (TPSA) is 94.1 Å². The van der Waals surface area contributed by atoms with Crippen LogP contribution in [0.3, 0.4) is 0 Å². The van der Waals surface area contributed by atoms with E-state index in [4.69, 9.17) is 14.2 Å². The average molecular weight is 447 g/mol. The zero-order valence-corrected chi connectivity index (χ0v) is 18.4. The number of alkyl carbamates (subject to hydrolysis) is 1. The fourth-order valence-electron chi connectivity index (χ4n) is 4.25. The van der Waals surface area contributed by atoms with Crippen LogP contribution in [0.15, 0.2) is 66.7 Å². The van der Waals surface area contributed by atoms with Gasteiger partial charge < -0.3 is 24.6 Å². The molecule has 0 aromatic heterocycles. The van der Waals surface area contributed by atoms with Gasteiger partial charge in [-0.3, -0.25) is 4.79 Å². The Morgan fingerprint density at radius 3 is 2.09 bits per heavy atom. The Balaban J connectivity index is 1.41. The molecule has 1 atom stereocenters. The maximum Gasteiger partial charge on any atom is 0.407 e. The van der Waals surface area contributed by atoms with Crippen molar-refractivity contribution in [1.82, 2.24) is 5.32 Å². The molecule has 2 N–H and O–H groups in total. The first kappa shape index (κ1) is 22.2. The molecule has 1 aliphatic rings. The number of carboxylic acid groups (broad SMARTS) is 1. The lowest BCUT2D eigenvalue weighted by Gasteiger charge is -2.17. The summed E-state index contributed by atoms with van der Waals surface area (Å²) in [4.78, 5) is 24.3. The van der Waals surface area contributed by atoms with Crippen LogP contribution < -0.4 is 14.8 Å². The number of carboxylic acids is 1. The third-order valence-electron chi connectivity index (χ3n) is 5.90. The lowest BCUT2D eigenvalue weighted by molar-refractivity contribution is -0.138. The van der Waals surface area contributed by atoms with Gasteiger partial charge >= 0.3 is 12.1 Å². The molecule has 0 saturated carbocycles. The maximum absolute atomic E-state index is 12.4. The van der Waals surface area contributed by atoms with Crippen LogP contribution in [0, 0.1) is 0 Å². The fourth-order valence-corrected chi connectivity index (χ4v) is 4.25. The number of carbonyl (C=O) groups excluding carboxylic acids is 1. The SMILES string of the molecule is COc1ccc(C(CNC(=O)OCC2c3ccccc3-c3ccccc32)C(=O)O)cc1OC. The number of amides is 1. The number of benzene rings is 3. The molecule has 170 valence electrons. The lowest BCUT2D eigenvalue weighted by atomic mass is 9.98. The molecule has 1 unspecified atom stereocenters. The highest BCUT2D eigenvalue weighted by Crippen LogP contribution is 2.44. The van der Waals surface area contributed by atoms with Crippen molar-refractivity contribution in [3.05, 3.63) is 83.4 Å². The van der Waals surface area contributed by atoms with Gasteiger partial charge in [0.05, 0.1) is 20.1 Å². The van der Waals surface area contributed by atoms with Crippen molar-refractivity contribution in [2.24, 2.45) is 0 Å². The van der Waals surface area contributed by atoms with Crippen LogP contribution in [0.4, 0.5) is 4.79 Å². The number of ether oxygens (including phenoxy) is 3. The minimum atomic E-state index is -1.07. The van der Waals surface area contributed by atoms with E-state index >= 15 is 0 Å². The van der Waals surface area contributed by atoms with Gasteiger partial charge in [-0.05, 0) is 39.9 Å². The first-order valence-corrected chi connectivity index (χ1v) is 10.6. The number of carbonyl (C=O) groups is 2. The molecule has 7 nitrogen and oxygen atoms in total. The zero-order valence-electron chi connectivity index (χ0n) is 18.4.